The minimum atomic E-state index is -3.10. The molecule has 1 heterocycles. The van der Waals surface area contributed by atoms with Crippen LogP contribution in [0.25, 0.3) is 0 Å². The number of sulfonamides is 1. The minimum Gasteiger partial charge on any atom is -0.370 e. The fourth-order valence-electron chi connectivity index (χ4n) is 1.18. The van der Waals surface area contributed by atoms with Crippen molar-refractivity contribution in [1.82, 2.24) is 9.71 Å². The number of nitrogens with one attached hydrogen (secondary N) is 3. The lowest BCUT2D eigenvalue weighted by molar-refractivity contribution is 0.586. The molecule has 0 aliphatic heterocycles. The Kier molecular flexibility index (Phi) is 5.13. The summed E-state index contributed by atoms with van der Waals surface area (Å²) in [7, 11) is -3.10. The van der Waals surface area contributed by atoms with Crippen LogP contribution in [0, 0.1) is 0 Å². The van der Waals surface area contributed by atoms with Crippen LogP contribution in [0.4, 0.5) is 11.6 Å². The van der Waals surface area contributed by atoms with Gasteiger partial charge in [0.2, 0.25) is 10.0 Å². The Labute approximate surface area is 101 Å². The third-order valence-electron chi connectivity index (χ3n) is 1.92. The van der Waals surface area contributed by atoms with Crippen molar-refractivity contribution in [2.75, 3.05) is 30.1 Å². The summed E-state index contributed by atoms with van der Waals surface area (Å²) in [4.78, 5) is 4.15. The molecule has 17 heavy (non-hydrogen) atoms. The summed E-state index contributed by atoms with van der Waals surface area (Å²) in [6.45, 7) is 1.03. The summed E-state index contributed by atoms with van der Waals surface area (Å²) >= 11 is 0. The average molecular weight is 259 g/mol. The predicted octanol–water partition coefficient (Wildman–Crippen LogP) is -0.282. The van der Waals surface area contributed by atoms with E-state index in [1.54, 1.807) is 6.07 Å². The summed E-state index contributed by atoms with van der Waals surface area (Å²) in [5, 5.41) is 3.06. The first kappa shape index (κ1) is 13.7. The molecule has 0 spiro atoms. The standard InChI is InChI=1S/C9H17N5O2S/c1-17(15,16)12-7-3-6-11-8-4-2-5-9(13-8)14-10/h2,4-5,12H,3,6-7,10H2,1H3,(H2,11,13,14). The number of nitrogen functional groups attached to an aromatic ring is 1. The number of hydrogen-bond donors (Lipinski definition) is 4. The molecule has 0 bridgehead atoms. The van der Waals surface area contributed by atoms with E-state index in [0.717, 1.165) is 6.26 Å². The van der Waals surface area contributed by atoms with E-state index in [1.807, 2.05) is 12.1 Å². The fourth-order valence-corrected chi connectivity index (χ4v) is 1.69. The largest absolute Gasteiger partial charge is 0.370 e. The van der Waals surface area contributed by atoms with Crippen LogP contribution in [0.1, 0.15) is 6.42 Å². The monoisotopic (exact) mass is 259 g/mol. The van der Waals surface area contributed by atoms with Crippen molar-refractivity contribution in [1.29, 1.82) is 0 Å². The van der Waals surface area contributed by atoms with E-state index in [0.29, 0.717) is 31.1 Å². The Morgan fingerprint density at radius 3 is 2.65 bits per heavy atom. The zero-order valence-corrected chi connectivity index (χ0v) is 10.4. The van der Waals surface area contributed by atoms with Crippen LogP contribution in [-0.4, -0.2) is 32.7 Å². The SMILES string of the molecule is CS(=O)(=O)NCCCNc1cccc(NN)n1. The van der Waals surface area contributed by atoms with Crippen LogP contribution in [0.3, 0.4) is 0 Å². The maximum absolute atomic E-state index is 10.8. The normalized spacial score (nSPS) is 11.2. The number of aromatic nitrogens is 1. The van der Waals surface area contributed by atoms with Gasteiger partial charge in [0, 0.05) is 13.1 Å². The van der Waals surface area contributed by atoms with Crippen LogP contribution in [0.5, 0.6) is 0 Å². The van der Waals surface area contributed by atoms with Gasteiger partial charge in [-0.05, 0) is 18.6 Å². The van der Waals surface area contributed by atoms with Crippen molar-refractivity contribution < 1.29 is 8.42 Å². The van der Waals surface area contributed by atoms with Crippen LogP contribution in [-0.2, 0) is 10.0 Å². The highest BCUT2D eigenvalue weighted by Gasteiger charge is 1.99. The molecule has 0 unspecified atom stereocenters. The molecular formula is C9H17N5O2S. The molecule has 0 saturated carbocycles. The van der Waals surface area contributed by atoms with Gasteiger partial charge in [0.25, 0.3) is 0 Å². The number of rotatable bonds is 7. The van der Waals surface area contributed by atoms with Crippen molar-refractivity contribution in [2.45, 2.75) is 6.42 Å². The first-order valence-electron chi connectivity index (χ1n) is 5.13. The zero-order valence-electron chi connectivity index (χ0n) is 9.60. The number of pyridine rings is 1. The van der Waals surface area contributed by atoms with Crippen molar-refractivity contribution >= 4 is 21.7 Å². The van der Waals surface area contributed by atoms with E-state index in [9.17, 15) is 8.42 Å². The highest BCUT2D eigenvalue weighted by molar-refractivity contribution is 7.88. The molecular weight excluding hydrogens is 242 g/mol. The molecule has 0 aliphatic rings. The lowest BCUT2D eigenvalue weighted by Gasteiger charge is -2.07. The lowest BCUT2D eigenvalue weighted by atomic mass is 10.4. The predicted molar refractivity (Wildman–Crippen MR) is 68.0 cm³/mol. The molecule has 0 amide bonds. The van der Waals surface area contributed by atoms with Crippen LogP contribution >= 0.6 is 0 Å². The Bertz CT molecular complexity index is 448. The van der Waals surface area contributed by atoms with Gasteiger partial charge in [-0.3, -0.25) is 0 Å². The molecule has 0 saturated heterocycles. The molecule has 8 heteroatoms. The summed E-state index contributed by atoms with van der Waals surface area (Å²) < 4.78 is 24.0. The number of hydrazine groups is 1. The Balaban J connectivity index is 2.26. The molecule has 7 nitrogen and oxygen atoms in total. The lowest BCUT2D eigenvalue weighted by Crippen LogP contribution is -2.24. The summed E-state index contributed by atoms with van der Waals surface area (Å²) in [5.41, 5.74) is 2.45. The highest BCUT2D eigenvalue weighted by atomic mass is 32.2. The maximum atomic E-state index is 10.8. The number of hydrogen-bond acceptors (Lipinski definition) is 6. The second-order valence-electron chi connectivity index (χ2n) is 3.50. The fraction of sp³-hybridized carbons (Fsp3) is 0.444. The van der Waals surface area contributed by atoms with Crippen LogP contribution in [0.15, 0.2) is 18.2 Å². The third-order valence-corrected chi connectivity index (χ3v) is 2.65. The van der Waals surface area contributed by atoms with E-state index in [1.165, 1.54) is 0 Å². The molecule has 0 atom stereocenters. The molecule has 1 aromatic rings. The Hall–Kier alpha value is -1.38. The Morgan fingerprint density at radius 2 is 2.00 bits per heavy atom. The second-order valence-corrected chi connectivity index (χ2v) is 5.33. The summed E-state index contributed by atoms with van der Waals surface area (Å²) in [6.07, 6.45) is 1.81. The van der Waals surface area contributed by atoms with Crippen molar-refractivity contribution in [2.24, 2.45) is 5.84 Å². The highest BCUT2D eigenvalue weighted by Crippen LogP contribution is 2.07. The molecule has 1 rings (SSSR count). The van der Waals surface area contributed by atoms with Gasteiger partial charge >= 0.3 is 0 Å². The molecule has 0 aromatic carbocycles. The topological polar surface area (TPSA) is 109 Å². The van der Waals surface area contributed by atoms with Crippen molar-refractivity contribution in [3.8, 4) is 0 Å². The van der Waals surface area contributed by atoms with Gasteiger partial charge in [-0.2, -0.15) is 0 Å². The quantitative estimate of drug-likeness (QED) is 0.304. The van der Waals surface area contributed by atoms with Gasteiger partial charge in [0.05, 0.1) is 6.26 Å². The van der Waals surface area contributed by atoms with Crippen LogP contribution in [0.2, 0.25) is 0 Å². The van der Waals surface area contributed by atoms with Gasteiger partial charge in [-0.1, -0.05) is 6.07 Å². The van der Waals surface area contributed by atoms with E-state index in [4.69, 9.17) is 5.84 Å². The molecule has 0 fully saturated rings. The van der Waals surface area contributed by atoms with Crippen LogP contribution < -0.4 is 21.3 Å². The van der Waals surface area contributed by atoms with Gasteiger partial charge in [-0.15, -0.1) is 0 Å². The van der Waals surface area contributed by atoms with Crippen molar-refractivity contribution in [3.63, 3.8) is 0 Å². The van der Waals surface area contributed by atoms with Gasteiger partial charge in [0.1, 0.15) is 11.6 Å². The first-order chi connectivity index (χ1) is 8.01. The van der Waals surface area contributed by atoms with Crippen molar-refractivity contribution in [3.05, 3.63) is 18.2 Å². The maximum Gasteiger partial charge on any atom is 0.208 e. The van der Waals surface area contributed by atoms with E-state index < -0.39 is 10.0 Å². The minimum absolute atomic E-state index is 0.403. The van der Waals surface area contributed by atoms with Gasteiger partial charge < -0.3 is 10.7 Å². The van der Waals surface area contributed by atoms with Gasteiger partial charge in [0.15, 0.2) is 0 Å². The average Bonchev–Trinajstić information content (AvgIpc) is 2.27. The summed E-state index contributed by atoms with van der Waals surface area (Å²) in [6, 6.07) is 5.38. The molecule has 96 valence electrons. The zero-order chi connectivity index (χ0) is 12.7. The molecule has 1 aromatic heterocycles. The van der Waals surface area contributed by atoms with E-state index in [2.05, 4.69) is 20.4 Å². The first-order valence-corrected chi connectivity index (χ1v) is 7.02. The molecule has 5 N–H and O–H groups in total. The van der Waals surface area contributed by atoms with Gasteiger partial charge in [-0.25, -0.2) is 24.0 Å². The summed E-state index contributed by atoms with van der Waals surface area (Å²) in [5.74, 6) is 6.49. The number of anilines is 2. The van der Waals surface area contributed by atoms with E-state index >= 15 is 0 Å². The molecule has 0 aliphatic carbocycles. The molecule has 0 radical (unpaired) electrons. The number of nitrogens with two attached hydrogens (primary N) is 1. The second kappa shape index (κ2) is 6.38. The smallest absolute Gasteiger partial charge is 0.208 e. The number of nitrogens with zero attached hydrogens (tertiary/aromatic N) is 1. The third kappa shape index (κ3) is 6.05. The Morgan fingerprint density at radius 1 is 1.29 bits per heavy atom. The van der Waals surface area contributed by atoms with E-state index in [-0.39, 0.29) is 0 Å².